The smallest absolute Gasteiger partial charge is 0.166 e. The van der Waals surface area contributed by atoms with Gasteiger partial charge in [-0.15, -0.1) is 0 Å². The van der Waals surface area contributed by atoms with Crippen LogP contribution in [-0.2, 0) is 4.74 Å². The maximum atomic E-state index is 13.7. The molecule has 0 bridgehead atoms. The Morgan fingerprint density at radius 2 is 2.25 bits per heavy atom. The fourth-order valence-electron chi connectivity index (χ4n) is 1.67. The topological polar surface area (TPSA) is 61.7 Å². The number of ether oxygens (including phenoxy) is 1. The van der Waals surface area contributed by atoms with Crippen molar-refractivity contribution in [3.63, 3.8) is 0 Å². The van der Waals surface area contributed by atoms with E-state index in [0.717, 1.165) is 6.07 Å². The Balaban J connectivity index is 2.45. The van der Waals surface area contributed by atoms with Gasteiger partial charge in [0.05, 0.1) is 17.2 Å². The summed E-state index contributed by atoms with van der Waals surface area (Å²) < 4.78 is 19.0. The molecule has 1 unspecified atom stereocenters. The summed E-state index contributed by atoms with van der Waals surface area (Å²) in [6.45, 7) is 1.45. The highest BCUT2D eigenvalue weighted by molar-refractivity contribution is 6.31. The SMILES string of the molecule is Oc1cc(Cl)c(F)c(C2CNCCO2)c1O. The van der Waals surface area contributed by atoms with Crippen molar-refractivity contribution in [2.24, 2.45) is 0 Å². The van der Waals surface area contributed by atoms with Crippen LogP contribution in [0.2, 0.25) is 5.02 Å². The lowest BCUT2D eigenvalue weighted by atomic mass is 10.1. The Morgan fingerprint density at radius 3 is 2.88 bits per heavy atom. The number of halogens is 2. The molecule has 2 rings (SSSR count). The molecular formula is C10H11ClFNO3. The van der Waals surface area contributed by atoms with E-state index in [1.54, 1.807) is 0 Å². The molecule has 3 N–H and O–H groups in total. The molecule has 6 heteroatoms. The number of rotatable bonds is 1. The van der Waals surface area contributed by atoms with Crippen molar-refractivity contribution in [2.75, 3.05) is 19.7 Å². The summed E-state index contributed by atoms with van der Waals surface area (Å²) in [5.74, 6) is -1.73. The maximum absolute atomic E-state index is 13.7. The predicted octanol–water partition coefficient (Wildman–Crippen LogP) is 1.55. The largest absolute Gasteiger partial charge is 0.504 e. The number of morpholine rings is 1. The molecular weight excluding hydrogens is 237 g/mol. The number of phenolic OH excluding ortho intramolecular Hbond substituents is 2. The van der Waals surface area contributed by atoms with Gasteiger partial charge in [-0.25, -0.2) is 4.39 Å². The van der Waals surface area contributed by atoms with Crippen molar-refractivity contribution in [1.29, 1.82) is 0 Å². The minimum atomic E-state index is -0.759. The van der Waals surface area contributed by atoms with Gasteiger partial charge in [0.2, 0.25) is 0 Å². The first kappa shape index (κ1) is 11.4. The summed E-state index contributed by atoms with van der Waals surface area (Å²) >= 11 is 5.59. The summed E-state index contributed by atoms with van der Waals surface area (Å²) in [7, 11) is 0. The predicted molar refractivity (Wildman–Crippen MR) is 56.3 cm³/mol. The van der Waals surface area contributed by atoms with Gasteiger partial charge >= 0.3 is 0 Å². The van der Waals surface area contributed by atoms with Crippen LogP contribution in [0.3, 0.4) is 0 Å². The molecule has 1 fully saturated rings. The highest BCUT2D eigenvalue weighted by atomic mass is 35.5. The van der Waals surface area contributed by atoms with Gasteiger partial charge in [-0.3, -0.25) is 0 Å². The highest BCUT2D eigenvalue weighted by Crippen LogP contribution is 2.40. The number of phenols is 2. The van der Waals surface area contributed by atoms with E-state index in [-0.39, 0.29) is 10.6 Å². The summed E-state index contributed by atoms with van der Waals surface area (Å²) in [5, 5.41) is 21.7. The third kappa shape index (κ3) is 1.93. The van der Waals surface area contributed by atoms with Crippen molar-refractivity contribution in [3.05, 3.63) is 22.5 Å². The quantitative estimate of drug-likeness (QED) is 0.659. The molecule has 88 valence electrons. The molecule has 0 aromatic heterocycles. The van der Waals surface area contributed by atoms with Crippen LogP contribution < -0.4 is 5.32 Å². The number of hydrogen-bond acceptors (Lipinski definition) is 4. The van der Waals surface area contributed by atoms with E-state index < -0.39 is 23.4 Å². The Labute approximate surface area is 96.6 Å². The zero-order valence-electron chi connectivity index (χ0n) is 8.33. The minimum absolute atomic E-state index is 0.0998. The average molecular weight is 248 g/mol. The van der Waals surface area contributed by atoms with Gasteiger partial charge in [-0.1, -0.05) is 11.6 Å². The summed E-state index contributed by atoms with van der Waals surface area (Å²) in [4.78, 5) is 0. The van der Waals surface area contributed by atoms with Crippen LogP contribution in [0.25, 0.3) is 0 Å². The lowest BCUT2D eigenvalue weighted by Gasteiger charge is -2.25. The van der Waals surface area contributed by atoms with Crippen molar-refractivity contribution >= 4 is 11.6 Å². The maximum Gasteiger partial charge on any atom is 0.166 e. The molecule has 4 nitrogen and oxygen atoms in total. The first-order valence-corrected chi connectivity index (χ1v) is 5.21. The fraction of sp³-hybridized carbons (Fsp3) is 0.400. The van der Waals surface area contributed by atoms with Gasteiger partial charge in [-0.2, -0.15) is 0 Å². The summed E-state index contributed by atoms with van der Waals surface area (Å²) in [6, 6.07) is 0.964. The van der Waals surface area contributed by atoms with E-state index in [2.05, 4.69) is 5.32 Å². The molecule has 0 aliphatic carbocycles. The molecule has 1 aliphatic heterocycles. The third-order valence-corrected chi connectivity index (χ3v) is 2.73. The lowest BCUT2D eigenvalue weighted by Crippen LogP contribution is -2.33. The molecule has 1 aromatic rings. The summed E-state index contributed by atoms with van der Waals surface area (Å²) in [5.41, 5.74) is -0.0998. The van der Waals surface area contributed by atoms with E-state index in [1.807, 2.05) is 0 Å². The van der Waals surface area contributed by atoms with Crippen molar-refractivity contribution in [1.82, 2.24) is 5.32 Å². The lowest BCUT2D eigenvalue weighted by molar-refractivity contribution is 0.0238. The van der Waals surface area contributed by atoms with E-state index in [4.69, 9.17) is 16.3 Å². The Hall–Kier alpha value is -1.04. The molecule has 0 saturated carbocycles. The Bertz CT molecular complexity index is 381. The van der Waals surface area contributed by atoms with Gasteiger partial charge in [0.15, 0.2) is 17.3 Å². The van der Waals surface area contributed by atoms with Crippen LogP contribution >= 0.6 is 11.6 Å². The average Bonchev–Trinajstić information content (AvgIpc) is 2.28. The van der Waals surface area contributed by atoms with Gasteiger partial charge in [-0.05, 0) is 0 Å². The second-order valence-corrected chi connectivity index (χ2v) is 3.92. The fourth-order valence-corrected chi connectivity index (χ4v) is 1.87. The molecule has 16 heavy (non-hydrogen) atoms. The number of benzene rings is 1. The van der Waals surface area contributed by atoms with E-state index >= 15 is 0 Å². The number of nitrogens with one attached hydrogen (secondary N) is 1. The van der Waals surface area contributed by atoms with Gasteiger partial charge in [0.1, 0.15) is 6.10 Å². The van der Waals surface area contributed by atoms with Crippen LogP contribution in [0.4, 0.5) is 4.39 Å². The van der Waals surface area contributed by atoms with E-state index in [0.29, 0.717) is 19.7 Å². The van der Waals surface area contributed by atoms with Crippen molar-refractivity contribution in [2.45, 2.75) is 6.10 Å². The van der Waals surface area contributed by atoms with Crippen molar-refractivity contribution in [3.8, 4) is 11.5 Å². The molecule has 1 aromatic carbocycles. The zero-order valence-corrected chi connectivity index (χ0v) is 9.09. The van der Waals surface area contributed by atoms with Crippen LogP contribution in [0.15, 0.2) is 6.07 Å². The first-order valence-electron chi connectivity index (χ1n) is 4.83. The highest BCUT2D eigenvalue weighted by Gasteiger charge is 2.26. The molecule has 1 heterocycles. The standard InChI is InChI=1S/C10H11ClFNO3/c11-5-3-6(14)10(15)8(9(5)12)7-4-13-1-2-16-7/h3,7,13-15H,1-2,4H2. The Morgan fingerprint density at radius 1 is 1.50 bits per heavy atom. The molecule has 1 aliphatic rings. The normalized spacial score (nSPS) is 21.0. The first-order chi connectivity index (χ1) is 7.61. The number of aromatic hydroxyl groups is 2. The second kappa shape index (κ2) is 4.45. The molecule has 0 spiro atoms. The van der Waals surface area contributed by atoms with Gasteiger partial charge < -0.3 is 20.3 Å². The van der Waals surface area contributed by atoms with E-state index in [1.165, 1.54) is 0 Å². The van der Waals surface area contributed by atoms with Crippen LogP contribution in [0.5, 0.6) is 11.5 Å². The molecule has 0 radical (unpaired) electrons. The molecule has 0 amide bonds. The van der Waals surface area contributed by atoms with Crippen LogP contribution in [0.1, 0.15) is 11.7 Å². The summed E-state index contributed by atoms with van der Waals surface area (Å²) in [6.07, 6.45) is -0.640. The van der Waals surface area contributed by atoms with Gasteiger partial charge in [0, 0.05) is 19.2 Å². The second-order valence-electron chi connectivity index (χ2n) is 3.52. The third-order valence-electron chi connectivity index (χ3n) is 2.46. The number of hydrogen-bond donors (Lipinski definition) is 3. The van der Waals surface area contributed by atoms with Gasteiger partial charge in [0.25, 0.3) is 0 Å². The zero-order chi connectivity index (χ0) is 11.7. The van der Waals surface area contributed by atoms with Crippen LogP contribution in [-0.4, -0.2) is 29.9 Å². The molecule has 1 saturated heterocycles. The van der Waals surface area contributed by atoms with E-state index in [9.17, 15) is 14.6 Å². The van der Waals surface area contributed by atoms with Crippen molar-refractivity contribution < 1.29 is 19.3 Å². The monoisotopic (exact) mass is 247 g/mol. The Kier molecular flexibility index (Phi) is 3.18. The van der Waals surface area contributed by atoms with Crippen LogP contribution in [0, 0.1) is 5.82 Å². The minimum Gasteiger partial charge on any atom is -0.504 e. The molecule has 1 atom stereocenters.